The summed E-state index contributed by atoms with van der Waals surface area (Å²) in [6.07, 6.45) is 4.46. The number of amides is 1. The maximum absolute atomic E-state index is 12.7. The summed E-state index contributed by atoms with van der Waals surface area (Å²) >= 11 is 0. The normalized spacial score (nSPS) is 13.2. The van der Waals surface area contributed by atoms with Crippen LogP contribution in [0.1, 0.15) is 42.7 Å². The number of hydrogen-bond acceptors (Lipinski definition) is 5. The van der Waals surface area contributed by atoms with Crippen molar-refractivity contribution in [3.8, 4) is 0 Å². The predicted octanol–water partition coefficient (Wildman–Crippen LogP) is 2.18. The molecule has 0 radical (unpaired) electrons. The van der Waals surface area contributed by atoms with Crippen molar-refractivity contribution in [2.24, 2.45) is 5.92 Å². The smallest absolute Gasteiger partial charge is 0.272 e. The first-order chi connectivity index (χ1) is 12.5. The fraction of sp³-hybridized carbons (Fsp3) is 0.400. The molecule has 0 unspecified atom stereocenters. The van der Waals surface area contributed by atoms with Gasteiger partial charge in [-0.25, -0.2) is 4.98 Å². The Morgan fingerprint density at radius 1 is 1.15 bits per heavy atom. The van der Waals surface area contributed by atoms with E-state index < -0.39 is 18.1 Å². The van der Waals surface area contributed by atoms with Crippen LogP contribution in [0, 0.1) is 5.92 Å². The van der Waals surface area contributed by atoms with E-state index in [-0.39, 0.29) is 17.9 Å². The Balaban J connectivity index is 2.10. The molecular weight excluding hydrogens is 330 g/mol. The third-order valence-electron chi connectivity index (χ3n) is 3.95. The van der Waals surface area contributed by atoms with E-state index in [4.69, 9.17) is 0 Å². The van der Waals surface area contributed by atoms with Crippen molar-refractivity contribution >= 4 is 11.7 Å². The molecule has 1 heterocycles. The zero-order valence-corrected chi connectivity index (χ0v) is 15.1. The zero-order chi connectivity index (χ0) is 18.9. The Morgan fingerprint density at radius 3 is 2.50 bits per heavy atom. The number of aliphatic hydroxyl groups excluding tert-OH is 1. The second kappa shape index (κ2) is 9.77. The van der Waals surface area contributed by atoms with Crippen LogP contribution in [0.5, 0.6) is 0 Å². The van der Waals surface area contributed by atoms with E-state index in [0.717, 1.165) is 5.56 Å². The van der Waals surface area contributed by atoms with Crippen molar-refractivity contribution in [2.75, 3.05) is 0 Å². The molecule has 6 heteroatoms. The number of Topliss-reactive ketones (excluding diaryl/α,β-unsaturated/α-hetero) is 1. The summed E-state index contributed by atoms with van der Waals surface area (Å²) in [5.41, 5.74) is 1.09. The minimum absolute atomic E-state index is 0.0103. The van der Waals surface area contributed by atoms with Crippen molar-refractivity contribution in [2.45, 2.75) is 45.3 Å². The van der Waals surface area contributed by atoms with Crippen LogP contribution in [0.4, 0.5) is 0 Å². The summed E-state index contributed by atoms with van der Waals surface area (Å²) in [4.78, 5) is 32.9. The summed E-state index contributed by atoms with van der Waals surface area (Å²) < 4.78 is 0. The van der Waals surface area contributed by atoms with Crippen LogP contribution in [0.2, 0.25) is 0 Å². The Morgan fingerprint density at radius 2 is 1.88 bits per heavy atom. The van der Waals surface area contributed by atoms with Gasteiger partial charge in [-0.05, 0) is 24.3 Å². The van der Waals surface area contributed by atoms with Crippen molar-refractivity contribution in [1.82, 2.24) is 15.3 Å². The molecule has 1 aromatic heterocycles. The van der Waals surface area contributed by atoms with Gasteiger partial charge in [0.15, 0.2) is 5.78 Å². The minimum atomic E-state index is -0.728. The number of rotatable bonds is 9. The summed E-state index contributed by atoms with van der Waals surface area (Å²) in [6.45, 7) is 3.98. The van der Waals surface area contributed by atoms with E-state index in [0.29, 0.717) is 18.8 Å². The van der Waals surface area contributed by atoms with E-state index in [1.807, 2.05) is 44.2 Å². The van der Waals surface area contributed by atoms with Crippen LogP contribution in [0.15, 0.2) is 48.9 Å². The lowest BCUT2D eigenvalue weighted by atomic mass is 9.95. The number of carbonyl (C=O) groups excluding carboxylic acids is 2. The number of carbonyl (C=O) groups is 2. The molecule has 0 saturated carbocycles. The Bertz CT molecular complexity index is 705. The molecule has 2 rings (SSSR count). The van der Waals surface area contributed by atoms with Gasteiger partial charge >= 0.3 is 0 Å². The Labute approximate surface area is 153 Å². The minimum Gasteiger partial charge on any atom is -0.393 e. The third-order valence-corrected chi connectivity index (χ3v) is 3.95. The standard InChI is InChI=1S/C20H25N3O3/c1-14(2)10-16(24)12-19(25)17(11-15-6-4-3-5-7-15)23-20(26)18-13-21-8-9-22-18/h3-9,13-14,16-17,24H,10-12H2,1-2H3,(H,23,26)/t16-,17-/m0/s1. The fourth-order valence-corrected chi connectivity index (χ4v) is 2.75. The molecule has 0 aliphatic rings. The molecule has 2 atom stereocenters. The highest BCUT2D eigenvalue weighted by Crippen LogP contribution is 2.12. The molecule has 0 bridgehead atoms. The first-order valence-electron chi connectivity index (χ1n) is 8.77. The number of aliphatic hydroxyl groups is 1. The summed E-state index contributed by atoms with van der Waals surface area (Å²) in [7, 11) is 0. The molecule has 0 fully saturated rings. The number of nitrogens with one attached hydrogen (secondary N) is 1. The van der Waals surface area contributed by atoms with Gasteiger partial charge < -0.3 is 10.4 Å². The SMILES string of the molecule is CC(C)C[C@H](O)CC(=O)[C@H](Cc1ccccc1)NC(=O)c1cnccn1. The molecule has 0 spiro atoms. The molecule has 1 amide bonds. The molecule has 0 saturated heterocycles. The van der Waals surface area contributed by atoms with Crippen molar-refractivity contribution in [3.63, 3.8) is 0 Å². The highest BCUT2D eigenvalue weighted by Gasteiger charge is 2.24. The highest BCUT2D eigenvalue weighted by molar-refractivity contribution is 5.96. The van der Waals surface area contributed by atoms with Crippen LogP contribution in [0.25, 0.3) is 0 Å². The highest BCUT2D eigenvalue weighted by atomic mass is 16.3. The average Bonchev–Trinajstić information content (AvgIpc) is 2.62. The van der Waals surface area contributed by atoms with Crippen LogP contribution in [0.3, 0.4) is 0 Å². The Hall–Kier alpha value is -2.60. The molecule has 138 valence electrons. The monoisotopic (exact) mass is 355 g/mol. The van der Waals surface area contributed by atoms with Gasteiger partial charge in [0.25, 0.3) is 5.91 Å². The van der Waals surface area contributed by atoms with Gasteiger partial charge in [-0.1, -0.05) is 44.2 Å². The summed E-state index contributed by atoms with van der Waals surface area (Å²) in [5.74, 6) is -0.357. The lowest BCUT2D eigenvalue weighted by Crippen LogP contribution is -2.43. The molecular formula is C20H25N3O3. The van der Waals surface area contributed by atoms with Gasteiger partial charge in [-0.2, -0.15) is 0 Å². The topological polar surface area (TPSA) is 92.2 Å². The molecule has 0 aliphatic heterocycles. The maximum Gasteiger partial charge on any atom is 0.272 e. The largest absolute Gasteiger partial charge is 0.393 e. The lowest BCUT2D eigenvalue weighted by Gasteiger charge is -2.20. The second-order valence-electron chi connectivity index (χ2n) is 6.76. The van der Waals surface area contributed by atoms with Gasteiger partial charge in [0, 0.05) is 18.8 Å². The maximum atomic E-state index is 12.7. The number of aromatic nitrogens is 2. The second-order valence-corrected chi connectivity index (χ2v) is 6.76. The lowest BCUT2D eigenvalue weighted by molar-refractivity contribution is -0.123. The van der Waals surface area contributed by atoms with Crippen LogP contribution in [-0.4, -0.2) is 38.9 Å². The fourth-order valence-electron chi connectivity index (χ4n) is 2.75. The number of ketones is 1. The van der Waals surface area contributed by atoms with Crippen molar-refractivity contribution in [1.29, 1.82) is 0 Å². The van der Waals surface area contributed by atoms with E-state index in [1.54, 1.807) is 0 Å². The molecule has 1 aromatic carbocycles. The Kier molecular flexibility index (Phi) is 7.41. The van der Waals surface area contributed by atoms with Crippen LogP contribution in [-0.2, 0) is 11.2 Å². The van der Waals surface area contributed by atoms with Crippen LogP contribution >= 0.6 is 0 Å². The van der Waals surface area contributed by atoms with E-state index in [1.165, 1.54) is 18.6 Å². The first kappa shape index (κ1) is 19.7. The molecule has 0 aliphatic carbocycles. The van der Waals surface area contributed by atoms with Gasteiger partial charge in [0.2, 0.25) is 0 Å². The molecule has 6 nitrogen and oxygen atoms in total. The molecule has 2 N–H and O–H groups in total. The van der Waals surface area contributed by atoms with E-state index in [2.05, 4.69) is 15.3 Å². The third kappa shape index (κ3) is 6.37. The van der Waals surface area contributed by atoms with Crippen molar-refractivity contribution in [3.05, 3.63) is 60.2 Å². The molecule has 26 heavy (non-hydrogen) atoms. The molecule has 2 aromatic rings. The summed E-state index contributed by atoms with van der Waals surface area (Å²) in [5, 5.41) is 12.8. The van der Waals surface area contributed by atoms with E-state index in [9.17, 15) is 14.7 Å². The first-order valence-corrected chi connectivity index (χ1v) is 8.77. The van der Waals surface area contributed by atoms with Gasteiger partial charge in [-0.3, -0.25) is 14.6 Å². The number of hydrogen-bond donors (Lipinski definition) is 2. The predicted molar refractivity (Wildman–Crippen MR) is 98.5 cm³/mol. The van der Waals surface area contributed by atoms with E-state index >= 15 is 0 Å². The zero-order valence-electron chi connectivity index (χ0n) is 15.1. The number of benzene rings is 1. The summed E-state index contributed by atoms with van der Waals surface area (Å²) in [6, 6.07) is 8.74. The van der Waals surface area contributed by atoms with Crippen LogP contribution < -0.4 is 5.32 Å². The van der Waals surface area contributed by atoms with Crippen molar-refractivity contribution < 1.29 is 14.7 Å². The van der Waals surface area contributed by atoms with Gasteiger partial charge in [0.1, 0.15) is 5.69 Å². The average molecular weight is 355 g/mol. The van der Waals surface area contributed by atoms with Gasteiger partial charge in [0.05, 0.1) is 18.3 Å². The van der Waals surface area contributed by atoms with Gasteiger partial charge in [-0.15, -0.1) is 0 Å². The number of nitrogens with zero attached hydrogens (tertiary/aromatic N) is 2. The quantitative estimate of drug-likeness (QED) is 0.719.